The second-order valence-electron chi connectivity index (χ2n) is 3.16. The van der Waals surface area contributed by atoms with Gasteiger partial charge < -0.3 is 0 Å². The monoisotopic (exact) mass is 155 g/mol. The van der Waals surface area contributed by atoms with Gasteiger partial charge in [-0.2, -0.15) is 0 Å². The van der Waals surface area contributed by atoms with E-state index in [0.717, 1.165) is 12.8 Å². The number of fused-ring (bicyclic) bond motifs is 2. The van der Waals surface area contributed by atoms with Gasteiger partial charge in [0.2, 0.25) is 6.29 Å². The van der Waals surface area contributed by atoms with Crippen molar-refractivity contribution in [3.63, 3.8) is 0 Å². The lowest BCUT2D eigenvalue weighted by Crippen LogP contribution is -2.28. The van der Waals surface area contributed by atoms with Gasteiger partial charge in [0.15, 0.2) is 0 Å². The maximum Gasteiger partial charge on any atom is 0.221 e. The van der Waals surface area contributed by atoms with E-state index in [1.165, 1.54) is 0 Å². The fraction of sp³-hybridized carbons (Fsp3) is 0.625. The molecule has 1 radical (unpaired) electrons. The van der Waals surface area contributed by atoms with E-state index < -0.39 is 4.87 Å². The second-order valence-corrected chi connectivity index (χ2v) is 3.83. The number of rotatable bonds is 1. The van der Waals surface area contributed by atoms with Crippen LogP contribution < -0.4 is 0 Å². The summed E-state index contributed by atoms with van der Waals surface area (Å²) in [6, 6.07) is 0. The van der Waals surface area contributed by atoms with Crippen LogP contribution >= 0.6 is 11.6 Å². The normalized spacial score (nSPS) is 50.1. The molecule has 0 aromatic heterocycles. The van der Waals surface area contributed by atoms with Crippen LogP contribution in [-0.2, 0) is 4.79 Å². The Hall–Kier alpha value is -0.300. The molecular formula is C8H8ClO. The molecule has 2 aliphatic carbocycles. The van der Waals surface area contributed by atoms with Crippen molar-refractivity contribution in [2.24, 2.45) is 11.8 Å². The zero-order valence-corrected chi connectivity index (χ0v) is 6.27. The predicted octanol–water partition coefficient (Wildman–Crippen LogP) is 1.67. The largest absolute Gasteiger partial charge is 0.289 e. The van der Waals surface area contributed by atoms with Crippen LogP contribution in [0.1, 0.15) is 12.8 Å². The minimum Gasteiger partial charge on any atom is -0.289 e. The third kappa shape index (κ3) is 0.671. The summed E-state index contributed by atoms with van der Waals surface area (Å²) in [7, 11) is 0. The Morgan fingerprint density at radius 1 is 1.60 bits per heavy atom. The van der Waals surface area contributed by atoms with E-state index in [-0.39, 0.29) is 5.92 Å². The first kappa shape index (κ1) is 6.41. The number of halogens is 1. The lowest BCUT2D eigenvalue weighted by molar-refractivity contribution is 0.506. The highest BCUT2D eigenvalue weighted by Gasteiger charge is 2.47. The van der Waals surface area contributed by atoms with Gasteiger partial charge in [0.25, 0.3) is 0 Å². The Morgan fingerprint density at radius 3 is 2.70 bits per heavy atom. The van der Waals surface area contributed by atoms with Crippen molar-refractivity contribution in [3.05, 3.63) is 12.2 Å². The molecule has 2 aliphatic rings. The van der Waals surface area contributed by atoms with Crippen LogP contribution in [0.3, 0.4) is 0 Å². The summed E-state index contributed by atoms with van der Waals surface area (Å²) in [6.07, 6.45) is 7.98. The Labute approximate surface area is 65.1 Å². The summed E-state index contributed by atoms with van der Waals surface area (Å²) in [6.45, 7) is 0. The van der Waals surface area contributed by atoms with E-state index in [1.54, 1.807) is 0 Å². The van der Waals surface area contributed by atoms with Crippen molar-refractivity contribution in [2.45, 2.75) is 17.7 Å². The Kier molecular flexibility index (Phi) is 1.19. The molecule has 0 aliphatic heterocycles. The second kappa shape index (κ2) is 1.85. The molecule has 0 aromatic carbocycles. The van der Waals surface area contributed by atoms with Crippen LogP contribution in [-0.4, -0.2) is 11.2 Å². The molecule has 3 unspecified atom stereocenters. The fourth-order valence-corrected chi connectivity index (χ4v) is 2.28. The van der Waals surface area contributed by atoms with Gasteiger partial charge in [0.05, 0.1) is 0 Å². The lowest BCUT2D eigenvalue weighted by Gasteiger charge is -2.19. The standard InChI is InChI=1S/C8H8ClO/c9-8(5-10)4-6-1-2-7(8)3-6/h1-2,6-7H,3-4H2. The van der Waals surface area contributed by atoms with Crippen LogP contribution in [0.2, 0.25) is 0 Å². The number of hydrogen-bond donors (Lipinski definition) is 0. The molecule has 0 amide bonds. The topological polar surface area (TPSA) is 17.1 Å². The van der Waals surface area contributed by atoms with Gasteiger partial charge >= 0.3 is 0 Å². The minimum atomic E-state index is -0.667. The number of hydrogen-bond acceptors (Lipinski definition) is 1. The van der Waals surface area contributed by atoms with Gasteiger partial charge in [-0.05, 0) is 18.8 Å². The van der Waals surface area contributed by atoms with Crippen LogP contribution in [0.4, 0.5) is 0 Å². The predicted molar refractivity (Wildman–Crippen MR) is 39.6 cm³/mol. The number of allylic oxidation sites excluding steroid dienone is 2. The van der Waals surface area contributed by atoms with Gasteiger partial charge in [-0.1, -0.05) is 12.2 Å². The van der Waals surface area contributed by atoms with Crippen molar-refractivity contribution >= 4 is 17.9 Å². The van der Waals surface area contributed by atoms with Crippen LogP contribution in [0, 0.1) is 11.8 Å². The molecule has 0 saturated heterocycles. The molecule has 0 N–H and O–H groups in total. The molecule has 2 bridgehead atoms. The smallest absolute Gasteiger partial charge is 0.221 e. The Balaban J connectivity index is 2.30. The molecule has 2 rings (SSSR count). The maximum absolute atomic E-state index is 10.4. The molecule has 2 heteroatoms. The molecule has 1 nitrogen and oxygen atoms in total. The van der Waals surface area contributed by atoms with Crippen molar-refractivity contribution in [3.8, 4) is 0 Å². The van der Waals surface area contributed by atoms with Crippen molar-refractivity contribution in [1.82, 2.24) is 0 Å². The summed E-state index contributed by atoms with van der Waals surface area (Å²) in [5.41, 5.74) is 0. The summed E-state index contributed by atoms with van der Waals surface area (Å²) >= 11 is 5.98. The van der Waals surface area contributed by atoms with Gasteiger partial charge in [-0.25, -0.2) is 0 Å². The molecule has 3 atom stereocenters. The van der Waals surface area contributed by atoms with Gasteiger partial charge in [-0.3, -0.25) is 4.79 Å². The Morgan fingerprint density at radius 2 is 2.40 bits per heavy atom. The molecule has 0 aromatic rings. The maximum atomic E-state index is 10.4. The first-order valence-corrected chi connectivity index (χ1v) is 3.89. The highest BCUT2D eigenvalue weighted by molar-refractivity contribution is 6.32. The third-order valence-electron chi connectivity index (χ3n) is 2.49. The fourth-order valence-electron chi connectivity index (χ4n) is 1.92. The summed E-state index contributed by atoms with van der Waals surface area (Å²) in [4.78, 5) is 9.76. The first-order valence-electron chi connectivity index (χ1n) is 3.51. The van der Waals surface area contributed by atoms with Gasteiger partial charge in [-0.15, -0.1) is 11.6 Å². The minimum absolute atomic E-state index is 0.261. The number of carbonyl (C=O) groups excluding carboxylic acids is 1. The molecule has 0 spiro atoms. The molecular weight excluding hydrogens is 148 g/mol. The van der Waals surface area contributed by atoms with E-state index in [4.69, 9.17) is 11.6 Å². The zero-order valence-electron chi connectivity index (χ0n) is 5.51. The molecule has 53 valence electrons. The van der Waals surface area contributed by atoms with Crippen LogP contribution in [0.25, 0.3) is 0 Å². The Bertz CT molecular complexity index is 199. The quantitative estimate of drug-likeness (QED) is 0.416. The van der Waals surface area contributed by atoms with E-state index in [9.17, 15) is 4.79 Å². The zero-order chi connectivity index (χ0) is 7.19. The van der Waals surface area contributed by atoms with Crippen molar-refractivity contribution in [2.75, 3.05) is 0 Å². The lowest BCUT2D eigenvalue weighted by atomic mass is 9.94. The van der Waals surface area contributed by atoms with Crippen molar-refractivity contribution in [1.29, 1.82) is 0 Å². The highest BCUT2D eigenvalue weighted by Crippen LogP contribution is 2.48. The van der Waals surface area contributed by atoms with Crippen LogP contribution in [0.15, 0.2) is 12.2 Å². The average Bonchev–Trinajstić information content (AvgIpc) is 2.46. The van der Waals surface area contributed by atoms with Gasteiger partial charge in [0, 0.05) is 5.92 Å². The van der Waals surface area contributed by atoms with E-state index in [2.05, 4.69) is 6.08 Å². The van der Waals surface area contributed by atoms with Crippen molar-refractivity contribution < 1.29 is 4.79 Å². The molecule has 1 saturated carbocycles. The summed E-state index contributed by atoms with van der Waals surface area (Å²) < 4.78 is 0. The molecule has 0 heterocycles. The van der Waals surface area contributed by atoms with E-state index in [0.29, 0.717) is 5.92 Å². The summed E-state index contributed by atoms with van der Waals surface area (Å²) in [5.74, 6) is 0.806. The highest BCUT2D eigenvalue weighted by atomic mass is 35.5. The van der Waals surface area contributed by atoms with E-state index in [1.807, 2.05) is 12.4 Å². The third-order valence-corrected chi connectivity index (χ3v) is 3.00. The first-order chi connectivity index (χ1) is 4.74. The number of alkyl halides is 1. The van der Waals surface area contributed by atoms with Crippen LogP contribution in [0.5, 0.6) is 0 Å². The SMILES string of the molecule is O=[C]C1(Cl)CC2C=CC1C2. The molecule has 1 fully saturated rings. The summed E-state index contributed by atoms with van der Waals surface area (Å²) in [5, 5.41) is 0. The van der Waals surface area contributed by atoms with E-state index >= 15 is 0 Å². The molecule has 10 heavy (non-hydrogen) atoms. The average molecular weight is 156 g/mol. The van der Waals surface area contributed by atoms with Gasteiger partial charge in [0.1, 0.15) is 4.87 Å².